The van der Waals surface area contributed by atoms with Crippen molar-refractivity contribution in [3.63, 3.8) is 0 Å². The number of benzene rings is 1. The monoisotopic (exact) mass is 399 g/mol. The number of halogens is 4. The van der Waals surface area contributed by atoms with E-state index in [4.69, 9.17) is 0 Å². The van der Waals surface area contributed by atoms with Gasteiger partial charge in [-0.05, 0) is 37.1 Å². The van der Waals surface area contributed by atoms with Gasteiger partial charge in [0.1, 0.15) is 11.6 Å². The molecule has 3 rings (SSSR count). The van der Waals surface area contributed by atoms with Gasteiger partial charge in [-0.2, -0.15) is 5.10 Å². The summed E-state index contributed by atoms with van der Waals surface area (Å²) >= 11 is 0. The quantitative estimate of drug-likeness (QED) is 0.520. The Morgan fingerprint density at radius 3 is 2.39 bits per heavy atom. The fourth-order valence-electron chi connectivity index (χ4n) is 3.21. The summed E-state index contributed by atoms with van der Waals surface area (Å²) in [6, 6.07) is 2.54. The number of nitrogens with zero attached hydrogens (tertiary/aromatic N) is 3. The van der Waals surface area contributed by atoms with E-state index in [2.05, 4.69) is 11.7 Å². The van der Waals surface area contributed by atoms with Crippen LogP contribution in [0.1, 0.15) is 44.7 Å². The molecule has 1 aromatic carbocycles. The predicted octanol–water partition coefficient (Wildman–Crippen LogP) is 4.54. The lowest BCUT2D eigenvalue weighted by molar-refractivity contribution is -0.131. The Morgan fingerprint density at radius 1 is 1.21 bits per heavy atom. The normalized spacial score (nSPS) is 20.4. The molecule has 2 heterocycles. The summed E-state index contributed by atoms with van der Waals surface area (Å²) in [7, 11) is 0. The van der Waals surface area contributed by atoms with Crippen molar-refractivity contribution >= 4 is 12.1 Å². The number of hydrogen-bond donors (Lipinski definition) is 0. The maximum atomic E-state index is 13.4. The van der Waals surface area contributed by atoms with Crippen molar-refractivity contribution in [1.29, 1.82) is 0 Å². The van der Waals surface area contributed by atoms with Crippen molar-refractivity contribution in [3.8, 4) is 0 Å². The fourth-order valence-corrected chi connectivity index (χ4v) is 3.21. The van der Waals surface area contributed by atoms with Gasteiger partial charge < -0.3 is 0 Å². The fraction of sp³-hybridized carbons (Fsp3) is 0.500. The Hall–Kier alpha value is -2.22. The summed E-state index contributed by atoms with van der Waals surface area (Å²) in [4.78, 5) is 14.2. The summed E-state index contributed by atoms with van der Waals surface area (Å²) in [6.45, 7) is 7.71. The van der Waals surface area contributed by atoms with Crippen LogP contribution in [0.4, 0.5) is 17.6 Å². The lowest BCUT2D eigenvalue weighted by Crippen LogP contribution is -2.56. The summed E-state index contributed by atoms with van der Waals surface area (Å²) in [5.41, 5.74) is 0.613. The van der Waals surface area contributed by atoms with Gasteiger partial charge in [0, 0.05) is 24.3 Å². The van der Waals surface area contributed by atoms with Gasteiger partial charge in [0.15, 0.2) is 0 Å². The molecule has 0 aliphatic carbocycles. The maximum Gasteiger partial charge on any atom is 0.272 e. The molecule has 8 heteroatoms. The third kappa shape index (κ3) is 5.41. The van der Waals surface area contributed by atoms with Gasteiger partial charge in [-0.15, -0.1) is 0 Å². The predicted molar refractivity (Wildman–Crippen MR) is 100 cm³/mol. The first kappa shape index (κ1) is 22.1. The van der Waals surface area contributed by atoms with Crippen molar-refractivity contribution in [3.05, 3.63) is 47.5 Å². The maximum absolute atomic E-state index is 13.4. The molecular weight excluding hydrogens is 374 g/mol. The van der Waals surface area contributed by atoms with Crippen molar-refractivity contribution in [2.75, 3.05) is 19.6 Å². The molecule has 1 fully saturated rings. The van der Waals surface area contributed by atoms with Crippen LogP contribution in [-0.2, 0) is 4.79 Å². The number of hydrogen-bond acceptors (Lipinski definition) is 3. The molecule has 4 nitrogen and oxygen atoms in total. The standard InChI is InChI=1S/C18H19F4N3O.C2H6/c1-12(3-2-6-24-10-18(21,22)11-24)17(26)25-16(4-5-23-25)13-7-14(19)9-15(20)8-13;1-2/h5,7-9,16H,1-4,6,10-11H2;1-2H3. The highest BCUT2D eigenvalue weighted by molar-refractivity contribution is 5.94. The molecule has 154 valence electrons. The number of carbonyl (C=O) groups excluding carboxylic acids is 1. The van der Waals surface area contributed by atoms with Crippen LogP contribution >= 0.6 is 0 Å². The van der Waals surface area contributed by atoms with E-state index in [0.717, 1.165) is 6.07 Å². The summed E-state index contributed by atoms with van der Waals surface area (Å²) in [5, 5.41) is 5.18. The number of amides is 1. The molecule has 28 heavy (non-hydrogen) atoms. The van der Waals surface area contributed by atoms with Crippen LogP contribution in [0.15, 0.2) is 35.5 Å². The molecule has 1 saturated heterocycles. The van der Waals surface area contributed by atoms with Crippen molar-refractivity contribution in [2.45, 2.75) is 45.1 Å². The van der Waals surface area contributed by atoms with E-state index in [1.807, 2.05) is 13.8 Å². The third-order valence-corrected chi connectivity index (χ3v) is 4.47. The van der Waals surface area contributed by atoms with Gasteiger partial charge in [0.05, 0.1) is 19.1 Å². The second-order valence-electron chi connectivity index (χ2n) is 6.68. The molecule has 0 saturated carbocycles. The van der Waals surface area contributed by atoms with Gasteiger partial charge in [-0.3, -0.25) is 9.69 Å². The van der Waals surface area contributed by atoms with E-state index < -0.39 is 29.5 Å². The zero-order chi connectivity index (χ0) is 20.9. The molecule has 0 spiro atoms. The number of alkyl halides is 2. The average Bonchev–Trinajstić information content (AvgIpc) is 3.10. The van der Waals surface area contributed by atoms with Crippen LogP contribution < -0.4 is 0 Å². The first-order valence-electron chi connectivity index (χ1n) is 9.35. The summed E-state index contributed by atoms with van der Waals surface area (Å²) in [6.07, 6.45) is 2.74. The average molecular weight is 399 g/mol. The zero-order valence-electron chi connectivity index (χ0n) is 16.1. The van der Waals surface area contributed by atoms with E-state index in [1.54, 1.807) is 4.90 Å². The van der Waals surface area contributed by atoms with Crippen LogP contribution in [0.5, 0.6) is 0 Å². The molecule has 0 radical (unpaired) electrons. The lowest BCUT2D eigenvalue weighted by Gasteiger charge is -2.38. The Kier molecular flexibility index (Phi) is 7.35. The SMILES string of the molecule is C=C(CCCN1CC(F)(F)C1)C(=O)N1N=CCC1c1cc(F)cc(F)c1.CC. The zero-order valence-corrected chi connectivity index (χ0v) is 16.1. The second-order valence-corrected chi connectivity index (χ2v) is 6.68. The minimum absolute atomic E-state index is 0.253. The Labute approximate surface area is 162 Å². The van der Waals surface area contributed by atoms with Crippen LogP contribution in [0.3, 0.4) is 0 Å². The van der Waals surface area contributed by atoms with Crippen LogP contribution in [-0.4, -0.2) is 47.6 Å². The highest BCUT2D eigenvalue weighted by Gasteiger charge is 2.43. The van der Waals surface area contributed by atoms with E-state index in [-0.39, 0.29) is 13.1 Å². The first-order valence-corrected chi connectivity index (χ1v) is 9.35. The molecule has 0 aromatic heterocycles. The van der Waals surface area contributed by atoms with Gasteiger partial charge in [-0.25, -0.2) is 22.6 Å². The van der Waals surface area contributed by atoms with Crippen LogP contribution in [0, 0.1) is 11.6 Å². The van der Waals surface area contributed by atoms with Gasteiger partial charge >= 0.3 is 0 Å². The Balaban J connectivity index is 0.00000136. The van der Waals surface area contributed by atoms with E-state index in [0.29, 0.717) is 36.9 Å². The smallest absolute Gasteiger partial charge is 0.272 e. The second kappa shape index (κ2) is 9.32. The molecule has 2 aliphatic rings. The molecule has 1 atom stereocenters. The van der Waals surface area contributed by atoms with Crippen molar-refractivity contribution < 1.29 is 22.4 Å². The topological polar surface area (TPSA) is 35.9 Å². The highest BCUT2D eigenvalue weighted by Crippen LogP contribution is 2.31. The summed E-state index contributed by atoms with van der Waals surface area (Å²) in [5.74, 6) is -4.47. The lowest BCUT2D eigenvalue weighted by atomic mass is 10.0. The molecule has 2 aliphatic heterocycles. The number of hydrazone groups is 1. The third-order valence-electron chi connectivity index (χ3n) is 4.47. The molecule has 1 amide bonds. The minimum atomic E-state index is -2.61. The molecule has 0 N–H and O–H groups in total. The Morgan fingerprint density at radius 2 is 1.82 bits per heavy atom. The van der Waals surface area contributed by atoms with Gasteiger partial charge in [0.2, 0.25) is 0 Å². The Bertz CT molecular complexity index is 723. The van der Waals surface area contributed by atoms with Crippen LogP contribution in [0.25, 0.3) is 0 Å². The molecule has 0 bridgehead atoms. The van der Waals surface area contributed by atoms with Gasteiger partial charge in [0.25, 0.3) is 11.8 Å². The van der Waals surface area contributed by atoms with Crippen molar-refractivity contribution in [2.24, 2.45) is 5.10 Å². The van der Waals surface area contributed by atoms with Crippen molar-refractivity contribution in [1.82, 2.24) is 9.91 Å². The number of rotatable bonds is 6. The highest BCUT2D eigenvalue weighted by atomic mass is 19.3. The molecular formula is C20H25F4N3O. The van der Waals surface area contributed by atoms with E-state index >= 15 is 0 Å². The number of carbonyl (C=O) groups is 1. The van der Waals surface area contributed by atoms with Crippen LogP contribution in [0.2, 0.25) is 0 Å². The van der Waals surface area contributed by atoms with Gasteiger partial charge in [-0.1, -0.05) is 20.4 Å². The largest absolute Gasteiger partial charge is 0.291 e. The molecule has 1 unspecified atom stereocenters. The number of likely N-dealkylation sites (tertiary alicyclic amines) is 1. The first-order chi connectivity index (χ1) is 13.2. The summed E-state index contributed by atoms with van der Waals surface area (Å²) < 4.78 is 52.4. The van der Waals surface area contributed by atoms with E-state index in [9.17, 15) is 22.4 Å². The molecule has 1 aromatic rings. The minimum Gasteiger partial charge on any atom is -0.291 e. The van der Waals surface area contributed by atoms with E-state index in [1.165, 1.54) is 23.4 Å².